The van der Waals surface area contributed by atoms with E-state index in [1.807, 2.05) is 0 Å². The number of alkyl halides is 3. The number of aromatic nitrogens is 2. The Morgan fingerprint density at radius 3 is 2.46 bits per heavy atom. The first-order valence-corrected chi connectivity index (χ1v) is 3.44. The molecule has 6 heteroatoms. The molecule has 0 atom stereocenters. The molecule has 1 aromatic heterocycles. The number of rotatable bonds is 0. The van der Waals surface area contributed by atoms with E-state index in [1.165, 1.54) is 6.92 Å². The number of hydrogen-bond acceptors (Lipinski definition) is 2. The number of nitrogens with zero attached hydrogens (tertiary/aromatic N) is 2. The van der Waals surface area contributed by atoms with Crippen LogP contribution in [-0.4, -0.2) is 9.78 Å². The van der Waals surface area contributed by atoms with E-state index in [9.17, 15) is 18.0 Å². The molecule has 0 radical (unpaired) electrons. The molecule has 1 heterocycles. The van der Waals surface area contributed by atoms with E-state index in [1.54, 1.807) is 0 Å². The summed E-state index contributed by atoms with van der Waals surface area (Å²) in [7, 11) is 1.15. The minimum Gasteiger partial charge on any atom is -0.288 e. The lowest BCUT2D eigenvalue weighted by Crippen LogP contribution is -2.22. The molecule has 0 aromatic carbocycles. The second-order valence-corrected chi connectivity index (χ2v) is 2.60. The van der Waals surface area contributed by atoms with E-state index in [0.29, 0.717) is 10.7 Å². The smallest absolute Gasteiger partial charge is 0.288 e. The van der Waals surface area contributed by atoms with Gasteiger partial charge in [-0.3, -0.25) is 9.48 Å². The molecule has 0 aliphatic heterocycles. The van der Waals surface area contributed by atoms with E-state index in [2.05, 4.69) is 5.10 Å². The summed E-state index contributed by atoms with van der Waals surface area (Å²) in [6.07, 6.45) is -4.53. The van der Waals surface area contributed by atoms with Crippen molar-refractivity contribution in [1.82, 2.24) is 9.78 Å². The summed E-state index contributed by atoms with van der Waals surface area (Å²) in [6.45, 7) is 1.36. The molecule has 0 bridgehead atoms. The molecule has 0 aliphatic rings. The molecule has 0 aliphatic carbocycles. The van der Waals surface area contributed by atoms with Gasteiger partial charge in [0.2, 0.25) is 5.43 Å². The van der Waals surface area contributed by atoms with Crippen molar-refractivity contribution in [2.75, 3.05) is 0 Å². The van der Waals surface area contributed by atoms with Gasteiger partial charge in [-0.2, -0.15) is 18.3 Å². The summed E-state index contributed by atoms with van der Waals surface area (Å²) in [5, 5.41) is 3.42. The zero-order chi connectivity index (χ0) is 10.2. The van der Waals surface area contributed by atoms with Crippen molar-refractivity contribution in [2.24, 2.45) is 7.05 Å². The first kappa shape index (κ1) is 9.76. The maximum Gasteiger partial charge on any atom is 0.433 e. The molecular formula is C7H7F3N2O. The van der Waals surface area contributed by atoms with Gasteiger partial charge in [-0.15, -0.1) is 0 Å². The summed E-state index contributed by atoms with van der Waals surface area (Å²) < 4.78 is 37.1. The molecule has 3 nitrogen and oxygen atoms in total. The van der Waals surface area contributed by atoms with Gasteiger partial charge in [0.25, 0.3) is 0 Å². The second kappa shape index (κ2) is 2.86. The van der Waals surface area contributed by atoms with Crippen molar-refractivity contribution in [1.29, 1.82) is 0 Å². The fourth-order valence-electron chi connectivity index (χ4n) is 0.915. The summed E-state index contributed by atoms with van der Waals surface area (Å²) in [5.74, 6) is 0. The van der Waals surface area contributed by atoms with Crippen LogP contribution in [0, 0.1) is 6.92 Å². The summed E-state index contributed by atoms with van der Waals surface area (Å²) in [4.78, 5) is 10.9. The number of aryl methyl sites for hydroxylation is 2. The van der Waals surface area contributed by atoms with Crippen molar-refractivity contribution >= 4 is 0 Å². The van der Waals surface area contributed by atoms with E-state index < -0.39 is 17.3 Å². The van der Waals surface area contributed by atoms with Gasteiger partial charge in [0.15, 0.2) is 0 Å². The van der Waals surface area contributed by atoms with Crippen LogP contribution in [0.1, 0.15) is 11.4 Å². The Labute approximate surface area is 71.8 Å². The van der Waals surface area contributed by atoms with Crippen LogP contribution in [0.2, 0.25) is 0 Å². The lowest BCUT2D eigenvalue weighted by molar-refractivity contribution is -0.144. The minimum atomic E-state index is -4.53. The monoisotopic (exact) mass is 192 g/mol. The Hall–Kier alpha value is -1.33. The lowest BCUT2D eigenvalue weighted by atomic mass is 10.3. The van der Waals surface area contributed by atoms with Crippen molar-refractivity contribution < 1.29 is 13.2 Å². The number of hydrogen-bond donors (Lipinski definition) is 0. The third kappa shape index (κ3) is 1.88. The predicted molar refractivity (Wildman–Crippen MR) is 39.2 cm³/mol. The second-order valence-electron chi connectivity index (χ2n) is 2.60. The topological polar surface area (TPSA) is 34.9 Å². The van der Waals surface area contributed by atoms with Crippen LogP contribution in [-0.2, 0) is 13.2 Å². The first-order valence-electron chi connectivity index (χ1n) is 3.44. The predicted octanol–water partition coefficient (Wildman–Crippen LogP) is 1.11. The highest BCUT2D eigenvalue weighted by Gasteiger charge is 2.34. The number of halogens is 3. The van der Waals surface area contributed by atoms with Gasteiger partial charge in [-0.25, -0.2) is 0 Å². The molecule has 72 valence electrons. The molecule has 0 fully saturated rings. The molecule has 0 unspecified atom stereocenters. The average molecular weight is 192 g/mol. The molecule has 0 saturated carbocycles. The fraction of sp³-hybridized carbons (Fsp3) is 0.429. The largest absolute Gasteiger partial charge is 0.433 e. The highest BCUT2D eigenvalue weighted by atomic mass is 19.4. The summed E-state index contributed by atoms with van der Waals surface area (Å²) in [6, 6.07) is 0.544. The van der Waals surface area contributed by atoms with E-state index in [0.717, 1.165) is 7.05 Å². The van der Waals surface area contributed by atoms with Gasteiger partial charge in [-0.05, 0) is 6.92 Å². The van der Waals surface area contributed by atoms with Crippen molar-refractivity contribution in [3.05, 3.63) is 27.7 Å². The SMILES string of the molecule is Cc1nn(C)c(C(F)(F)F)cc1=O. The van der Waals surface area contributed by atoms with Gasteiger partial charge in [-0.1, -0.05) is 0 Å². The zero-order valence-electron chi connectivity index (χ0n) is 7.01. The first-order chi connectivity index (χ1) is 5.82. The molecule has 13 heavy (non-hydrogen) atoms. The van der Waals surface area contributed by atoms with Crippen LogP contribution in [0.5, 0.6) is 0 Å². The van der Waals surface area contributed by atoms with Crippen LogP contribution in [0.3, 0.4) is 0 Å². The third-order valence-corrected chi connectivity index (χ3v) is 1.56. The van der Waals surface area contributed by atoms with Crippen LogP contribution in [0.4, 0.5) is 13.2 Å². The molecule has 0 spiro atoms. The van der Waals surface area contributed by atoms with Crippen LogP contribution >= 0.6 is 0 Å². The van der Waals surface area contributed by atoms with Crippen molar-refractivity contribution in [3.63, 3.8) is 0 Å². The quantitative estimate of drug-likeness (QED) is 0.617. The van der Waals surface area contributed by atoms with Crippen molar-refractivity contribution in [2.45, 2.75) is 13.1 Å². The van der Waals surface area contributed by atoms with E-state index >= 15 is 0 Å². The Kier molecular flexibility index (Phi) is 2.15. The van der Waals surface area contributed by atoms with Gasteiger partial charge in [0.05, 0.1) is 0 Å². The van der Waals surface area contributed by atoms with Gasteiger partial charge in [0.1, 0.15) is 11.4 Å². The molecule has 0 N–H and O–H groups in total. The Balaban J connectivity index is 3.41. The molecule has 0 saturated heterocycles. The summed E-state index contributed by atoms with van der Waals surface area (Å²) >= 11 is 0. The van der Waals surface area contributed by atoms with Crippen LogP contribution in [0.15, 0.2) is 10.9 Å². The maximum absolute atomic E-state index is 12.2. The Bertz CT molecular complexity index is 380. The Morgan fingerprint density at radius 1 is 1.46 bits per heavy atom. The van der Waals surface area contributed by atoms with Gasteiger partial charge < -0.3 is 0 Å². The normalized spacial score (nSPS) is 11.8. The van der Waals surface area contributed by atoms with Crippen LogP contribution in [0.25, 0.3) is 0 Å². The maximum atomic E-state index is 12.2. The molecule has 1 rings (SSSR count). The third-order valence-electron chi connectivity index (χ3n) is 1.56. The highest BCUT2D eigenvalue weighted by molar-refractivity contribution is 5.10. The van der Waals surface area contributed by atoms with E-state index in [-0.39, 0.29) is 5.69 Å². The lowest BCUT2D eigenvalue weighted by Gasteiger charge is -2.10. The standard InChI is InChI=1S/C7H7F3N2O/c1-4-5(13)3-6(7(8,9)10)12(2)11-4/h3H,1-2H3. The molecular weight excluding hydrogens is 185 g/mol. The Morgan fingerprint density at radius 2 is 2.00 bits per heavy atom. The minimum absolute atomic E-state index is 0.0514. The molecule has 1 aromatic rings. The average Bonchev–Trinajstić information content (AvgIpc) is 1.94. The molecule has 0 amide bonds. The fourth-order valence-corrected chi connectivity index (χ4v) is 0.915. The van der Waals surface area contributed by atoms with Gasteiger partial charge in [0, 0.05) is 13.1 Å². The summed E-state index contributed by atoms with van der Waals surface area (Å²) in [5.41, 5.74) is -1.69. The van der Waals surface area contributed by atoms with E-state index in [4.69, 9.17) is 0 Å². The van der Waals surface area contributed by atoms with Crippen molar-refractivity contribution in [3.8, 4) is 0 Å². The van der Waals surface area contributed by atoms with Crippen LogP contribution < -0.4 is 5.43 Å². The van der Waals surface area contributed by atoms with Gasteiger partial charge >= 0.3 is 6.18 Å². The highest BCUT2D eigenvalue weighted by Crippen LogP contribution is 2.26. The zero-order valence-corrected chi connectivity index (χ0v) is 7.01.